The molecular weight excluding hydrogens is 458 g/mol. The Morgan fingerprint density at radius 1 is 1.25 bits per heavy atom. The van der Waals surface area contributed by atoms with Gasteiger partial charge >= 0.3 is 0 Å². The number of hydrogen-bond acceptors (Lipinski definition) is 6. The minimum Gasteiger partial charge on any atom is -0.489 e. The van der Waals surface area contributed by atoms with Crippen molar-refractivity contribution in [1.29, 1.82) is 0 Å². The summed E-state index contributed by atoms with van der Waals surface area (Å²) in [6, 6.07) is 10.3. The fraction of sp³-hybridized carbons (Fsp3) is 0.333. The minimum atomic E-state index is -1.14. The molecule has 1 aliphatic heterocycles. The van der Waals surface area contributed by atoms with E-state index in [-0.39, 0.29) is 18.3 Å². The summed E-state index contributed by atoms with van der Waals surface area (Å²) in [6.07, 6.45) is 1.50. The van der Waals surface area contributed by atoms with Crippen LogP contribution in [0.2, 0.25) is 0 Å². The van der Waals surface area contributed by atoms with E-state index in [1.54, 1.807) is 43.8 Å². The van der Waals surface area contributed by atoms with Gasteiger partial charge in [-0.2, -0.15) is 0 Å². The molecule has 2 heterocycles. The standard InChI is InChI=1S/C27H29N5O4/c1-17-7-6-8-18(2)20(17)14-32-16-28-24(30-32)25(33)29-21-15-36-23-10-9-19(11-12-27(3,4)35)13-22(23)31(5)26(21)34/h6-10,13,16,21,35H,14-15H2,1-5H3,(H,29,33). The molecule has 9 heteroatoms. The maximum atomic E-state index is 13.1. The van der Waals surface area contributed by atoms with Gasteiger partial charge in [0.2, 0.25) is 5.82 Å². The molecule has 186 valence electrons. The SMILES string of the molecule is Cc1cccc(C)c1Cn1cnc(C(=O)NC2COc3ccc(C#CC(C)(C)O)cc3N(C)C2=O)n1. The van der Waals surface area contributed by atoms with E-state index in [0.29, 0.717) is 23.5 Å². The molecule has 2 aromatic carbocycles. The number of carbonyl (C=O) groups excluding carboxylic acids is 2. The Kier molecular flexibility index (Phi) is 6.82. The quantitative estimate of drug-likeness (QED) is 0.546. The number of nitrogens with one attached hydrogen (secondary N) is 1. The van der Waals surface area contributed by atoms with Gasteiger partial charge in [-0.25, -0.2) is 9.67 Å². The number of aromatic nitrogens is 3. The number of likely N-dealkylation sites (N-methyl/N-ethyl adjacent to an activating group) is 1. The molecule has 4 rings (SSSR count). The van der Waals surface area contributed by atoms with Crippen molar-refractivity contribution in [3.05, 3.63) is 70.8 Å². The number of benzene rings is 2. The highest BCUT2D eigenvalue weighted by Crippen LogP contribution is 2.31. The Morgan fingerprint density at radius 3 is 2.67 bits per heavy atom. The fourth-order valence-corrected chi connectivity index (χ4v) is 3.86. The lowest BCUT2D eigenvalue weighted by Crippen LogP contribution is -2.49. The van der Waals surface area contributed by atoms with Gasteiger partial charge in [0.25, 0.3) is 11.8 Å². The van der Waals surface area contributed by atoms with Gasteiger partial charge in [-0.1, -0.05) is 30.0 Å². The number of aliphatic hydroxyl groups is 1. The van der Waals surface area contributed by atoms with Crippen molar-refractivity contribution in [2.45, 2.75) is 45.9 Å². The van der Waals surface area contributed by atoms with Crippen LogP contribution >= 0.6 is 0 Å². The van der Waals surface area contributed by atoms with Crippen molar-refractivity contribution in [2.75, 3.05) is 18.6 Å². The van der Waals surface area contributed by atoms with Crippen molar-refractivity contribution in [2.24, 2.45) is 0 Å². The third-order valence-corrected chi connectivity index (χ3v) is 5.88. The maximum Gasteiger partial charge on any atom is 0.291 e. The van der Waals surface area contributed by atoms with Crippen LogP contribution in [0.4, 0.5) is 5.69 Å². The normalized spacial score (nSPS) is 15.3. The number of rotatable bonds is 4. The average molecular weight is 488 g/mol. The number of anilines is 1. The highest BCUT2D eigenvalue weighted by Gasteiger charge is 2.31. The van der Waals surface area contributed by atoms with Gasteiger partial charge < -0.3 is 20.1 Å². The average Bonchev–Trinajstić information content (AvgIpc) is 3.26. The molecule has 1 aliphatic rings. The number of aryl methyl sites for hydroxylation is 2. The Morgan fingerprint density at radius 2 is 1.97 bits per heavy atom. The van der Waals surface area contributed by atoms with Gasteiger partial charge in [-0.15, -0.1) is 5.10 Å². The minimum absolute atomic E-state index is 0.0253. The largest absolute Gasteiger partial charge is 0.489 e. The molecule has 0 spiro atoms. The third-order valence-electron chi connectivity index (χ3n) is 5.88. The highest BCUT2D eigenvalue weighted by molar-refractivity contribution is 6.02. The first-order valence-electron chi connectivity index (χ1n) is 11.6. The van der Waals surface area contributed by atoms with E-state index >= 15 is 0 Å². The molecule has 1 atom stereocenters. The van der Waals surface area contributed by atoms with E-state index in [2.05, 4.69) is 27.2 Å². The van der Waals surface area contributed by atoms with Gasteiger partial charge in [-0.05, 0) is 62.6 Å². The van der Waals surface area contributed by atoms with Gasteiger partial charge in [0.05, 0.1) is 12.2 Å². The third kappa shape index (κ3) is 5.56. The van der Waals surface area contributed by atoms with Crippen molar-refractivity contribution in [3.63, 3.8) is 0 Å². The molecular formula is C27H29N5O4. The van der Waals surface area contributed by atoms with Gasteiger partial charge in [0.15, 0.2) is 0 Å². The van der Waals surface area contributed by atoms with Crippen LogP contribution in [0, 0.1) is 25.7 Å². The number of hydrogen-bond donors (Lipinski definition) is 2. The molecule has 0 aliphatic carbocycles. The second-order valence-electron chi connectivity index (χ2n) is 9.36. The van der Waals surface area contributed by atoms with E-state index in [1.807, 2.05) is 32.0 Å². The smallest absolute Gasteiger partial charge is 0.291 e. The Labute approximate surface area is 210 Å². The Balaban J connectivity index is 1.47. The molecule has 0 saturated heterocycles. The number of amides is 2. The number of ether oxygens (including phenoxy) is 1. The summed E-state index contributed by atoms with van der Waals surface area (Å²) < 4.78 is 7.43. The van der Waals surface area contributed by atoms with Crippen molar-refractivity contribution < 1.29 is 19.4 Å². The zero-order valence-electron chi connectivity index (χ0n) is 21.0. The monoisotopic (exact) mass is 487 g/mol. The predicted molar refractivity (Wildman–Crippen MR) is 135 cm³/mol. The summed E-state index contributed by atoms with van der Waals surface area (Å²) in [5.74, 6) is 5.21. The Bertz CT molecular complexity index is 1360. The van der Waals surface area contributed by atoms with Crippen molar-refractivity contribution in [3.8, 4) is 17.6 Å². The predicted octanol–water partition coefficient (Wildman–Crippen LogP) is 2.22. The van der Waals surface area contributed by atoms with E-state index in [4.69, 9.17) is 4.74 Å². The summed E-state index contributed by atoms with van der Waals surface area (Å²) >= 11 is 0. The molecule has 2 amide bonds. The molecule has 9 nitrogen and oxygen atoms in total. The summed E-state index contributed by atoms with van der Waals surface area (Å²) in [6.45, 7) is 7.69. The maximum absolute atomic E-state index is 13.1. The summed E-state index contributed by atoms with van der Waals surface area (Å²) in [4.78, 5) is 31.6. The van der Waals surface area contributed by atoms with Gasteiger partial charge in [0, 0.05) is 12.6 Å². The van der Waals surface area contributed by atoms with Crippen molar-refractivity contribution in [1.82, 2.24) is 20.1 Å². The highest BCUT2D eigenvalue weighted by atomic mass is 16.5. The molecule has 0 fully saturated rings. The molecule has 0 saturated carbocycles. The molecule has 1 unspecified atom stereocenters. The zero-order valence-corrected chi connectivity index (χ0v) is 21.0. The first-order chi connectivity index (χ1) is 17.0. The second-order valence-corrected chi connectivity index (χ2v) is 9.36. The molecule has 2 N–H and O–H groups in total. The van der Waals surface area contributed by atoms with Crippen LogP contribution in [0.5, 0.6) is 5.75 Å². The van der Waals surface area contributed by atoms with Crippen molar-refractivity contribution >= 4 is 17.5 Å². The molecule has 1 aromatic heterocycles. The first-order valence-corrected chi connectivity index (χ1v) is 11.6. The summed E-state index contributed by atoms with van der Waals surface area (Å²) in [7, 11) is 1.61. The lowest BCUT2D eigenvalue weighted by Gasteiger charge is -2.20. The van der Waals surface area contributed by atoms with Crippen LogP contribution in [-0.4, -0.2) is 57.0 Å². The summed E-state index contributed by atoms with van der Waals surface area (Å²) in [5, 5.41) is 16.9. The topological polar surface area (TPSA) is 110 Å². The lowest BCUT2D eigenvalue weighted by atomic mass is 10.0. The van der Waals surface area contributed by atoms with Crippen LogP contribution in [0.15, 0.2) is 42.7 Å². The first kappa shape index (κ1) is 24.9. The number of carbonyl (C=O) groups is 2. The summed E-state index contributed by atoms with van der Waals surface area (Å²) in [5.41, 5.74) is 3.40. The number of fused-ring (bicyclic) bond motifs is 1. The van der Waals surface area contributed by atoms with Gasteiger partial charge in [-0.3, -0.25) is 9.59 Å². The van der Waals surface area contributed by atoms with E-state index in [9.17, 15) is 14.7 Å². The molecule has 0 bridgehead atoms. The molecule has 36 heavy (non-hydrogen) atoms. The van der Waals surface area contributed by atoms with Gasteiger partial charge in [0.1, 0.15) is 30.3 Å². The Hall–Kier alpha value is -4.16. The molecule has 0 radical (unpaired) electrons. The van der Waals surface area contributed by atoms with E-state index in [1.165, 1.54) is 11.2 Å². The lowest BCUT2D eigenvalue weighted by molar-refractivity contribution is -0.120. The van der Waals surface area contributed by atoms with Crippen LogP contribution in [0.1, 0.15) is 46.7 Å². The second kappa shape index (κ2) is 9.84. The van der Waals surface area contributed by atoms with Crippen LogP contribution < -0.4 is 15.0 Å². The van der Waals surface area contributed by atoms with Crippen LogP contribution in [0.25, 0.3) is 0 Å². The van der Waals surface area contributed by atoms with Crippen LogP contribution in [-0.2, 0) is 11.3 Å². The number of nitrogens with zero attached hydrogens (tertiary/aromatic N) is 4. The molecule has 3 aromatic rings. The van der Waals surface area contributed by atoms with E-state index < -0.39 is 17.6 Å². The zero-order chi connectivity index (χ0) is 26.0. The van der Waals surface area contributed by atoms with E-state index in [0.717, 1.165) is 16.7 Å². The van der Waals surface area contributed by atoms with Crippen LogP contribution in [0.3, 0.4) is 0 Å². The fourth-order valence-electron chi connectivity index (χ4n) is 3.86.